The fourth-order valence-electron chi connectivity index (χ4n) is 1.58. The van der Waals surface area contributed by atoms with Crippen molar-refractivity contribution >= 4 is 24.0 Å². The van der Waals surface area contributed by atoms with Crippen LogP contribution in [0.2, 0.25) is 0 Å². The molecule has 1 aromatic carbocycles. The third-order valence-corrected chi connectivity index (χ3v) is 2.61. The SMILES string of the molecule is Cc1ccccc1/C=C/C(=O)OCC(=O)NC(=O)NC(C)C. The van der Waals surface area contributed by atoms with Crippen LogP contribution >= 0.6 is 0 Å². The van der Waals surface area contributed by atoms with Crippen LogP contribution in [0.1, 0.15) is 25.0 Å². The molecule has 0 aromatic heterocycles. The number of nitrogens with one attached hydrogen (secondary N) is 2. The van der Waals surface area contributed by atoms with Crippen molar-refractivity contribution in [1.82, 2.24) is 10.6 Å². The first kappa shape index (κ1) is 17.4. The predicted octanol–water partition coefficient (Wildman–Crippen LogP) is 1.79. The van der Waals surface area contributed by atoms with Gasteiger partial charge in [0.25, 0.3) is 5.91 Å². The van der Waals surface area contributed by atoms with E-state index in [-0.39, 0.29) is 6.04 Å². The summed E-state index contributed by atoms with van der Waals surface area (Å²) in [7, 11) is 0. The number of carbonyl (C=O) groups is 3. The minimum absolute atomic E-state index is 0.0904. The molecule has 0 atom stereocenters. The highest BCUT2D eigenvalue weighted by Gasteiger charge is 2.10. The van der Waals surface area contributed by atoms with Crippen LogP contribution in [-0.2, 0) is 14.3 Å². The molecule has 0 aliphatic carbocycles. The number of aryl methyl sites for hydroxylation is 1. The van der Waals surface area contributed by atoms with Gasteiger partial charge in [-0.15, -0.1) is 0 Å². The van der Waals surface area contributed by atoms with E-state index >= 15 is 0 Å². The van der Waals surface area contributed by atoms with Crippen molar-refractivity contribution in [2.24, 2.45) is 0 Å². The Hall–Kier alpha value is -2.63. The van der Waals surface area contributed by atoms with Crippen LogP contribution in [-0.4, -0.2) is 30.6 Å². The first-order valence-electron chi connectivity index (χ1n) is 6.89. The fourth-order valence-corrected chi connectivity index (χ4v) is 1.58. The molecule has 0 aliphatic rings. The van der Waals surface area contributed by atoms with Gasteiger partial charge in [0.05, 0.1) is 0 Å². The normalized spacial score (nSPS) is 10.5. The van der Waals surface area contributed by atoms with E-state index in [1.54, 1.807) is 19.9 Å². The summed E-state index contributed by atoms with van der Waals surface area (Å²) in [6.45, 7) is 4.94. The maximum Gasteiger partial charge on any atom is 0.331 e. The van der Waals surface area contributed by atoms with Gasteiger partial charge in [-0.05, 0) is 38.0 Å². The van der Waals surface area contributed by atoms with E-state index in [1.165, 1.54) is 6.08 Å². The number of rotatable bonds is 5. The number of benzene rings is 1. The second-order valence-electron chi connectivity index (χ2n) is 4.97. The Kier molecular flexibility index (Phi) is 6.82. The lowest BCUT2D eigenvalue weighted by atomic mass is 10.1. The molecule has 22 heavy (non-hydrogen) atoms. The van der Waals surface area contributed by atoms with E-state index in [2.05, 4.69) is 10.6 Å². The smallest absolute Gasteiger partial charge is 0.331 e. The van der Waals surface area contributed by atoms with Crippen molar-refractivity contribution in [3.63, 3.8) is 0 Å². The number of hydrogen-bond acceptors (Lipinski definition) is 4. The number of carbonyl (C=O) groups excluding carboxylic acids is 3. The minimum atomic E-state index is -0.684. The summed E-state index contributed by atoms with van der Waals surface area (Å²) in [4.78, 5) is 34.2. The lowest BCUT2D eigenvalue weighted by Crippen LogP contribution is -2.43. The van der Waals surface area contributed by atoms with Gasteiger partial charge in [-0.2, -0.15) is 0 Å². The quantitative estimate of drug-likeness (QED) is 0.641. The van der Waals surface area contributed by atoms with Crippen LogP contribution in [0.5, 0.6) is 0 Å². The number of ether oxygens (including phenoxy) is 1. The third-order valence-electron chi connectivity index (χ3n) is 2.61. The van der Waals surface area contributed by atoms with E-state index in [9.17, 15) is 14.4 Å². The highest BCUT2D eigenvalue weighted by atomic mass is 16.5. The maximum absolute atomic E-state index is 11.5. The molecular weight excluding hydrogens is 284 g/mol. The van der Waals surface area contributed by atoms with Crippen molar-refractivity contribution in [2.75, 3.05) is 6.61 Å². The van der Waals surface area contributed by atoms with Gasteiger partial charge in [0.1, 0.15) is 0 Å². The molecule has 0 unspecified atom stereocenters. The summed E-state index contributed by atoms with van der Waals surface area (Å²) < 4.78 is 4.75. The zero-order valence-electron chi connectivity index (χ0n) is 12.9. The minimum Gasteiger partial charge on any atom is -0.452 e. The fraction of sp³-hybridized carbons (Fsp3) is 0.312. The zero-order valence-corrected chi connectivity index (χ0v) is 12.9. The van der Waals surface area contributed by atoms with E-state index in [0.29, 0.717) is 0 Å². The van der Waals surface area contributed by atoms with Crippen LogP contribution in [0, 0.1) is 6.92 Å². The molecule has 118 valence electrons. The molecule has 6 nitrogen and oxygen atoms in total. The molecule has 6 heteroatoms. The summed E-state index contributed by atoms with van der Waals surface area (Å²) in [5.41, 5.74) is 1.91. The number of amides is 3. The average molecular weight is 304 g/mol. The Morgan fingerprint density at radius 1 is 1.23 bits per heavy atom. The van der Waals surface area contributed by atoms with Crippen molar-refractivity contribution in [1.29, 1.82) is 0 Å². The number of hydrogen-bond donors (Lipinski definition) is 2. The Bertz CT molecular complexity index is 579. The van der Waals surface area contributed by atoms with Gasteiger partial charge in [0.2, 0.25) is 0 Å². The van der Waals surface area contributed by atoms with Crippen molar-refractivity contribution in [3.8, 4) is 0 Å². The molecule has 3 amide bonds. The average Bonchev–Trinajstić information content (AvgIpc) is 2.43. The summed E-state index contributed by atoms with van der Waals surface area (Å²) in [5.74, 6) is -1.33. The molecular formula is C16H20N2O4. The van der Waals surface area contributed by atoms with Gasteiger partial charge >= 0.3 is 12.0 Å². The van der Waals surface area contributed by atoms with Crippen LogP contribution in [0.15, 0.2) is 30.3 Å². The predicted molar refractivity (Wildman–Crippen MR) is 83.0 cm³/mol. The van der Waals surface area contributed by atoms with E-state index in [4.69, 9.17) is 4.74 Å². The van der Waals surface area contributed by atoms with Crippen LogP contribution in [0.25, 0.3) is 6.08 Å². The molecule has 1 rings (SSSR count). The van der Waals surface area contributed by atoms with Crippen LogP contribution < -0.4 is 10.6 Å². The van der Waals surface area contributed by atoms with E-state index < -0.39 is 24.5 Å². The van der Waals surface area contributed by atoms with Gasteiger partial charge in [-0.25, -0.2) is 9.59 Å². The van der Waals surface area contributed by atoms with Crippen LogP contribution in [0.4, 0.5) is 4.79 Å². The molecule has 0 radical (unpaired) electrons. The standard InChI is InChI=1S/C16H20N2O4/c1-11(2)17-16(21)18-14(19)10-22-15(20)9-8-13-7-5-4-6-12(13)3/h4-9,11H,10H2,1-3H3,(H2,17,18,19,21)/b9-8+. The van der Waals surface area contributed by atoms with Crippen molar-refractivity contribution < 1.29 is 19.1 Å². The van der Waals surface area contributed by atoms with Crippen molar-refractivity contribution in [2.45, 2.75) is 26.8 Å². The third kappa shape index (κ3) is 6.69. The second-order valence-corrected chi connectivity index (χ2v) is 4.97. The summed E-state index contributed by atoms with van der Waals surface area (Å²) in [6, 6.07) is 6.84. The molecule has 0 spiro atoms. The highest BCUT2D eigenvalue weighted by molar-refractivity contribution is 5.96. The Balaban J connectivity index is 2.38. The maximum atomic E-state index is 11.5. The largest absolute Gasteiger partial charge is 0.452 e. The van der Waals surface area contributed by atoms with Crippen molar-refractivity contribution in [3.05, 3.63) is 41.5 Å². The van der Waals surface area contributed by atoms with Gasteiger partial charge in [0, 0.05) is 12.1 Å². The number of esters is 1. The topological polar surface area (TPSA) is 84.5 Å². The monoisotopic (exact) mass is 304 g/mol. The summed E-state index contributed by atoms with van der Waals surface area (Å²) in [5, 5.41) is 4.55. The molecule has 1 aromatic rings. The molecule has 2 N–H and O–H groups in total. The molecule has 0 bridgehead atoms. The lowest BCUT2D eigenvalue weighted by molar-refractivity contribution is -0.143. The van der Waals surface area contributed by atoms with Crippen LogP contribution in [0.3, 0.4) is 0 Å². The summed E-state index contributed by atoms with van der Waals surface area (Å²) in [6.07, 6.45) is 2.85. The Morgan fingerprint density at radius 2 is 1.91 bits per heavy atom. The lowest BCUT2D eigenvalue weighted by Gasteiger charge is -2.08. The van der Waals surface area contributed by atoms with Gasteiger partial charge < -0.3 is 10.1 Å². The summed E-state index contributed by atoms with van der Waals surface area (Å²) >= 11 is 0. The number of imide groups is 1. The highest BCUT2D eigenvalue weighted by Crippen LogP contribution is 2.08. The molecule has 0 aliphatic heterocycles. The molecule has 0 saturated heterocycles. The molecule has 0 saturated carbocycles. The second kappa shape index (κ2) is 8.61. The van der Waals surface area contributed by atoms with E-state index in [0.717, 1.165) is 11.1 Å². The first-order chi connectivity index (χ1) is 10.4. The van der Waals surface area contributed by atoms with Gasteiger partial charge in [0.15, 0.2) is 6.61 Å². The molecule has 0 heterocycles. The number of urea groups is 1. The molecule has 0 fully saturated rings. The van der Waals surface area contributed by atoms with Gasteiger partial charge in [-0.3, -0.25) is 10.1 Å². The first-order valence-corrected chi connectivity index (χ1v) is 6.89. The van der Waals surface area contributed by atoms with E-state index in [1.807, 2.05) is 31.2 Å². The Labute approximate surface area is 129 Å². The van der Waals surface area contributed by atoms with Gasteiger partial charge in [-0.1, -0.05) is 24.3 Å². The zero-order chi connectivity index (χ0) is 16.5. The Morgan fingerprint density at radius 3 is 2.55 bits per heavy atom.